The highest BCUT2D eigenvalue weighted by atomic mass is 16.5. The van der Waals surface area contributed by atoms with Gasteiger partial charge in [-0.05, 0) is 44.0 Å². The van der Waals surface area contributed by atoms with Crippen LogP contribution in [0.5, 0.6) is 5.75 Å². The first-order valence-corrected chi connectivity index (χ1v) is 8.02. The van der Waals surface area contributed by atoms with E-state index in [1.807, 2.05) is 51.1 Å². The minimum atomic E-state index is -0.499. The average molecular weight is 322 g/mol. The first-order chi connectivity index (χ1) is 11.4. The Kier molecular flexibility index (Phi) is 5.69. The van der Waals surface area contributed by atoms with Crippen molar-refractivity contribution in [3.63, 3.8) is 0 Å². The van der Waals surface area contributed by atoms with Crippen LogP contribution in [-0.4, -0.2) is 11.8 Å². The summed E-state index contributed by atoms with van der Waals surface area (Å²) in [5, 5.41) is 0. The van der Waals surface area contributed by atoms with Crippen molar-refractivity contribution in [1.29, 1.82) is 0 Å². The molecule has 24 heavy (non-hydrogen) atoms. The smallest absolute Gasteiger partial charge is 0.316 e. The van der Waals surface area contributed by atoms with E-state index in [-0.39, 0.29) is 11.8 Å². The Morgan fingerprint density at radius 1 is 1.00 bits per heavy atom. The van der Waals surface area contributed by atoms with Gasteiger partial charge in [-0.1, -0.05) is 55.5 Å². The lowest BCUT2D eigenvalue weighted by molar-refractivity contribution is -0.144. The largest absolute Gasteiger partial charge is 0.426 e. The van der Waals surface area contributed by atoms with Crippen LogP contribution in [0.15, 0.2) is 60.7 Å². The van der Waals surface area contributed by atoms with Gasteiger partial charge in [0.2, 0.25) is 0 Å². The van der Waals surface area contributed by atoms with Crippen LogP contribution in [0.4, 0.5) is 0 Å². The van der Waals surface area contributed by atoms with E-state index in [9.17, 15) is 9.59 Å². The van der Waals surface area contributed by atoms with Crippen molar-refractivity contribution in [2.45, 2.75) is 27.2 Å². The number of rotatable bonds is 6. The maximum Gasteiger partial charge on any atom is 0.316 e. The molecule has 0 aliphatic heterocycles. The Morgan fingerprint density at radius 3 is 2.21 bits per heavy atom. The predicted molar refractivity (Wildman–Crippen MR) is 96.0 cm³/mol. The molecule has 0 saturated carbocycles. The van der Waals surface area contributed by atoms with Crippen LogP contribution in [0.3, 0.4) is 0 Å². The number of ketones is 1. The minimum Gasteiger partial charge on any atom is -0.426 e. The summed E-state index contributed by atoms with van der Waals surface area (Å²) in [5.74, 6) is 0.219. The lowest BCUT2D eigenvalue weighted by Gasteiger charge is -2.20. The second kappa shape index (κ2) is 7.73. The van der Waals surface area contributed by atoms with Crippen molar-refractivity contribution in [3.05, 3.63) is 71.8 Å². The van der Waals surface area contributed by atoms with Gasteiger partial charge >= 0.3 is 5.97 Å². The molecule has 0 saturated heterocycles. The molecule has 0 N–H and O–H groups in total. The van der Waals surface area contributed by atoms with Crippen LogP contribution in [0.25, 0.3) is 6.08 Å². The van der Waals surface area contributed by atoms with Crippen LogP contribution in [0.1, 0.15) is 43.1 Å². The van der Waals surface area contributed by atoms with Crippen LogP contribution in [0.2, 0.25) is 0 Å². The third-order valence-corrected chi connectivity index (χ3v) is 4.01. The summed E-state index contributed by atoms with van der Waals surface area (Å²) in [6, 6.07) is 16.2. The molecule has 0 aliphatic carbocycles. The number of carbonyl (C=O) groups is 2. The van der Waals surface area contributed by atoms with Crippen LogP contribution >= 0.6 is 0 Å². The van der Waals surface area contributed by atoms with Gasteiger partial charge in [-0.15, -0.1) is 0 Å². The predicted octanol–water partition coefficient (Wildman–Crippen LogP) is 4.92. The zero-order valence-electron chi connectivity index (χ0n) is 14.3. The van der Waals surface area contributed by atoms with Gasteiger partial charge in [0.25, 0.3) is 0 Å². The fourth-order valence-electron chi connectivity index (χ4n) is 1.91. The summed E-state index contributed by atoms with van der Waals surface area (Å²) in [4.78, 5) is 24.1. The summed E-state index contributed by atoms with van der Waals surface area (Å²) >= 11 is 0. The van der Waals surface area contributed by atoms with Gasteiger partial charge in [-0.2, -0.15) is 0 Å². The molecule has 0 fully saturated rings. The number of hydrogen-bond donors (Lipinski definition) is 0. The maximum atomic E-state index is 12.0. The summed E-state index contributed by atoms with van der Waals surface area (Å²) in [5.41, 5.74) is 1.02. The molecule has 0 bridgehead atoms. The molecule has 3 heteroatoms. The summed E-state index contributed by atoms with van der Waals surface area (Å²) in [7, 11) is 0. The monoisotopic (exact) mass is 322 g/mol. The van der Waals surface area contributed by atoms with Crippen LogP contribution in [-0.2, 0) is 4.79 Å². The zero-order chi connectivity index (χ0) is 17.6. The molecule has 0 unspecified atom stereocenters. The number of ether oxygens (including phenoxy) is 1. The van der Waals surface area contributed by atoms with E-state index in [4.69, 9.17) is 4.74 Å². The molecule has 0 heterocycles. The van der Waals surface area contributed by atoms with Gasteiger partial charge in [-0.25, -0.2) is 0 Å². The second-order valence-corrected chi connectivity index (χ2v) is 6.26. The number of carbonyl (C=O) groups excluding carboxylic acids is 2. The number of hydrogen-bond acceptors (Lipinski definition) is 3. The SMILES string of the molecule is CCC(C)(C)C(=O)Oc1ccc(C=CC(=O)c2ccccc2)cc1. The molecule has 0 aliphatic rings. The average Bonchev–Trinajstić information content (AvgIpc) is 2.61. The minimum absolute atomic E-state index is 0.0456. The molecule has 0 atom stereocenters. The van der Waals surface area contributed by atoms with E-state index < -0.39 is 5.41 Å². The van der Waals surface area contributed by atoms with Crippen LogP contribution in [0, 0.1) is 5.41 Å². The van der Waals surface area contributed by atoms with Crippen molar-refractivity contribution in [2.24, 2.45) is 5.41 Å². The molecule has 124 valence electrons. The number of allylic oxidation sites excluding steroid dienone is 1. The lowest BCUT2D eigenvalue weighted by Crippen LogP contribution is -2.28. The van der Waals surface area contributed by atoms with E-state index in [0.717, 1.165) is 5.56 Å². The van der Waals surface area contributed by atoms with E-state index in [0.29, 0.717) is 17.7 Å². The number of benzene rings is 2. The molecule has 0 amide bonds. The van der Waals surface area contributed by atoms with Crippen molar-refractivity contribution in [2.75, 3.05) is 0 Å². The van der Waals surface area contributed by atoms with Crippen molar-refractivity contribution < 1.29 is 14.3 Å². The first-order valence-electron chi connectivity index (χ1n) is 8.02. The Hall–Kier alpha value is -2.68. The maximum absolute atomic E-state index is 12.0. The third kappa shape index (κ3) is 4.66. The van der Waals surface area contributed by atoms with Gasteiger partial charge in [0.1, 0.15) is 5.75 Å². The second-order valence-electron chi connectivity index (χ2n) is 6.26. The van der Waals surface area contributed by atoms with Crippen molar-refractivity contribution >= 4 is 17.8 Å². The van der Waals surface area contributed by atoms with Gasteiger partial charge in [0, 0.05) is 5.56 Å². The highest BCUT2D eigenvalue weighted by molar-refractivity contribution is 6.06. The first kappa shape index (κ1) is 17.7. The molecule has 0 spiro atoms. The quantitative estimate of drug-likeness (QED) is 0.328. The van der Waals surface area contributed by atoms with Gasteiger partial charge in [-0.3, -0.25) is 9.59 Å². The van der Waals surface area contributed by atoms with Gasteiger partial charge in [0.15, 0.2) is 5.78 Å². The third-order valence-electron chi connectivity index (χ3n) is 4.01. The molecular weight excluding hydrogens is 300 g/mol. The van der Waals surface area contributed by atoms with E-state index in [1.165, 1.54) is 6.08 Å². The molecule has 0 radical (unpaired) electrons. The zero-order valence-corrected chi connectivity index (χ0v) is 14.3. The molecular formula is C21H22O3. The molecule has 2 rings (SSSR count). The topological polar surface area (TPSA) is 43.4 Å². The van der Waals surface area contributed by atoms with Crippen LogP contribution < -0.4 is 4.74 Å². The molecule has 3 nitrogen and oxygen atoms in total. The van der Waals surface area contributed by atoms with E-state index >= 15 is 0 Å². The van der Waals surface area contributed by atoms with Crippen molar-refractivity contribution in [3.8, 4) is 5.75 Å². The molecule has 2 aromatic rings. The van der Waals surface area contributed by atoms with E-state index in [2.05, 4.69) is 0 Å². The molecule has 0 aromatic heterocycles. The Labute approximate surface area is 143 Å². The van der Waals surface area contributed by atoms with Crippen molar-refractivity contribution in [1.82, 2.24) is 0 Å². The fraction of sp³-hybridized carbons (Fsp3) is 0.238. The Balaban J connectivity index is 2.01. The molecule has 2 aromatic carbocycles. The highest BCUT2D eigenvalue weighted by Crippen LogP contribution is 2.24. The highest BCUT2D eigenvalue weighted by Gasteiger charge is 2.27. The number of esters is 1. The summed E-state index contributed by atoms with van der Waals surface area (Å²) in [6.45, 7) is 5.68. The Morgan fingerprint density at radius 2 is 1.62 bits per heavy atom. The summed E-state index contributed by atoms with van der Waals surface area (Å²) in [6.07, 6.45) is 4.00. The Bertz CT molecular complexity index is 725. The standard InChI is InChI=1S/C21H22O3/c1-4-21(2,3)20(23)24-18-13-10-16(11-14-18)12-15-19(22)17-8-6-5-7-9-17/h5-15H,4H2,1-3H3. The van der Waals surface area contributed by atoms with Gasteiger partial charge in [0.05, 0.1) is 5.41 Å². The lowest BCUT2D eigenvalue weighted by atomic mass is 9.91. The normalized spacial score (nSPS) is 11.5. The van der Waals surface area contributed by atoms with E-state index in [1.54, 1.807) is 30.3 Å². The van der Waals surface area contributed by atoms with Gasteiger partial charge < -0.3 is 4.74 Å². The fourth-order valence-corrected chi connectivity index (χ4v) is 1.91. The summed E-state index contributed by atoms with van der Waals surface area (Å²) < 4.78 is 5.39.